The third-order valence-corrected chi connectivity index (χ3v) is 10.3. The Labute approximate surface area is 307 Å². The number of fused-ring (bicyclic) bond motifs is 4. The van der Waals surface area contributed by atoms with E-state index in [1.165, 1.54) is 22.1 Å². The Hall–Kier alpha value is -6.91. The Morgan fingerprint density at radius 3 is 1.96 bits per heavy atom. The molecule has 0 amide bonds. The minimum Gasteiger partial charge on any atom is -0.456 e. The molecule has 10 rings (SSSR count). The van der Waals surface area contributed by atoms with Crippen LogP contribution in [0.4, 0.5) is 0 Å². The molecule has 9 aromatic rings. The Morgan fingerprint density at radius 2 is 1.13 bits per heavy atom. The van der Waals surface area contributed by atoms with Crippen LogP contribution in [0.5, 0.6) is 0 Å². The van der Waals surface area contributed by atoms with Gasteiger partial charge in [-0.05, 0) is 75.3 Å². The molecule has 4 nitrogen and oxygen atoms in total. The molecular weight excluding hydrogens is 647 g/mol. The van der Waals surface area contributed by atoms with Crippen molar-refractivity contribution in [2.24, 2.45) is 0 Å². The lowest BCUT2D eigenvalue weighted by molar-refractivity contribution is 0.669. The number of hydrogen-bond acceptors (Lipinski definition) is 4. The molecule has 2 heterocycles. The van der Waals surface area contributed by atoms with E-state index in [1.54, 1.807) is 0 Å². The Kier molecular flexibility index (Phi) is 7.58. The highest BCUT2D eigenvalue weighted by atomic mass is 16.3. The molecule has 0 N–H and O–H groups in total. The van der Waals surface area contributed by atoms with Crippen LogP contribution in [0.2, 0.25) is 0 Å². The first-order valence-corrected chi connectivity index (χ1v) is 18.0. The smallest absolute Gasteiger partial charge is 0.164 e. The van der Waals surface area contributed by atoms with E-state index in [4.69, 9.17) is 19.4 Å². The third-order valence-electron chi connectivity index (χ3n) is 10.3. The zero-order chi connectivity index (χ0) is 35.1. The number of rotatable bonds is 6. The van der Waals surface area contributed by atoms with Gasteiger partial charge >= 0.3 is 0 Å². The molecule has 1 aliphatic rings. The maximum absolute atomic E-state index is 6.47. The van der Waals surface area contributed by atoms with Gasteiger partial charge in [-0.2, -0.15) is 0 Å². The van der Waals surface area contributed by atoms with Crippen molar-refractivity contribution in [1.29, 1.82) is 0 Å². The monoisotopic (exact) mass is 679 g/mol. The first-order chi connectivity index (χ1) is 26.2. The van der Waals surface area contributed by atoms with E-state index < -0.39 is 0 Å². The Morgan fingerprint density at radius 1 is 0.453 bits per heavy atom. The Balaban J connectivity index is 1.13. The molecule has 0 fully saturated rings. The maximum Gasteiger partial charge on any atom is 0.164 e. The van der Waals surface area contributed by atoms with Gasteiger partial charge in [0.2, 0.25) is 0 Å². The second-order valence-electron chi connectivity index (χ2n) is 13.6. The normalized spacial score (nSPS) is 14.0. The van der Waals surface area contributed by atoms with Crippen molar-refractivity contribution in [2.45, 2.75) is 12.3 Å². The van der Waals surface area contributed by atoms with E-state index in [9.17, 15) is 0 Å². The van der Waals surface area contributed by atoms with E-state index in [2.05, 4.69) is 164 Å². The molecule has 2 aromatic heterocycles. The third kappa shape index (κ3) is 5.81. The number of hydrogen-bond donors (Lipinski definition) is 0. The topological polar surface area (TPSA) is 51.8 Å². The van der Waals surface area contributed by atoms with Gasteiger partial charge in [-0.3, -0.25) is 0 Å². The zero-order valence-corrected chi connectivity index (χ0v) is 28.9. The molecule has 0 saturated carbocycles. The van der Waals surface area contributed by atoms with Crippen LogP contribution < -0.4 is 0 Å². The summed E-state index contributed by atoms with van der Waals surface area (Å²) in [6.07, 6.45) is 9.72. The van der Waals surface area contributed by atoms with E-state index >= 15 is 0 Å². The average molecular weight is 680 g/mol. The van der Waals surface area contributed by atoms with E-state index in [0.29, 0.717) is 23.4 Å². The lowest BCUT2D eigenvalue weighted by atomic mass is 9.92. The van der Waals surface area contributed by atoms with Crippen molar-refractivity contribution < 1.29 is 4.42 Å². The first-order valence-electron chi connectivity index (χ1n) is 18.0. The van der Waals surface area contributed by atoms with Gasteiger partial charge in [0.15, 0.2) is 17.5 Å². The predicted molar refractivity (Wildman–Crippen MR) is 217 cm³/mol. The van der Waals surface area contributed by atoms with Gasteiger partial charge in [-0.25, -0.2) is 15.0 Å². The highest BCUT2D eigenvalue weighted by Gasteiger charge is 2.19. The van der Waals surface area contributed by atoms with Crippen molar-refractivity contribution >= 4 is 32.7 Å². The van der Waals surface area contributed by atoms with Gasteiger partial charge in [0.05, 0.1) is 0 Å². The molecule has 1 unspecified atom stereocenters. The number of furan rings is 1. The molecule has 7 aromatic carbocycles. The van der Waals surface area contributed by atoms with Crippen LogP contribution in [-0.4, -0.2) is 15.0 Å². The van der Waals surface area contributed by atoms with Crippen LogP contribution in [0.3, 0.4) is 0 Å². The summed E-state index contributed by atoms with van der Waals surface area (Å²) < 4.78 is 6.47. The van der Waals surface area contributed by atoms with Crippen molar-refractivity contribution in [3.63, 3.8) is 0 Å². The molecule has 1 aliphatic carbocycles. The van der Waals surface area contributed by atoms with Crippen molar-refractivity contribution in [1.82, 2.24) is 15.0 Å². The fourth-order valence-electron chi connectivity index (χ4n) is 7.49. The summed E-state index contributed by atoms with van der Waals surface area (Å²) in [6, 6.07) is 55.2. The molecule has 0 spiro atoms. The molecule has 250 valence electrons. The summed E-state index contributed by atoms with van der Waals surface area (Å²) >= 11 is 0. The van der Waals surface area contributed by atoms with Crippen LogP contribution in [0, 0.1) is 0 Å². The van der Waals surface area contributed by atoms with Gasteiger partial charge in [-0.1, -0.05) is 152 Å². The summed E-state index contributed by atoms with van der Waals surface area (Å²) in [5.41, 5.74) is 10.3. The molecule has 0 saturated heterocycles. The maximum atomic E-state index is 6.47. The summed E-state index contributed by atoms with van der Waals surface area (Å²) in [5, 5.41) is 4.32. The summed E-state index contributed by atoms with van der Waals surface area (Å²) in [4.78, 5) is 15.5. The lowest BCUT2D eigenvalue weighted by Crippen LogP contribution is -2.01. The highest BCUT2D eigenvalue weighted by molar-refractivity contribution is 6.12. The van der Waals surface area contributed by atoms with Gasteiger partial charge in [0, 0.05) is 33.4 Å². The quantitative estimate of drug-likeness (QED) is 0.175. The SMILES string of the molecule is C1=CCC(c2ccc(-c3nc(-c4ccc5ccccc5c4)nc(-c4cccc5oc6ccc(-c7cccc(-c8ccccc8)c7)cc6c45)n3)cc2)C=C1. The zero-order valence-electron chi connectivity index (χ0n) is 28.9. The highest BCUT2D eigenvalue weighted by Crippen LogP contribution is 2.39. The van der Waals surface area contributed by atoms with Crippen LogP contribution in [0.15, 0.2) is 186 Å². The molecule has 53 heavy (non-hydrogen) atoms. The number of nitrogens with zero attached hydrogens (tertiary/aromatic N) is 3. The van der Waals surface area contributed by atoms with Crippen LogP contribution in [-0.2, 0) is 0 Å². The van der Waals surface area contributed by atoms with Crippen molar-refractivity contribution in [2.75, 3.05) is 0 Å². The summed E-state index contributed by atoms with van der Waals surface area (Å²) in [5.74, 6) is 2.23. The lowest BCUT2D eigenvalue weighted by Gasteiger charge is -2.14. The van der Waals surface area contributed by atoms with Gasteiger partial charge in [-0.15, -0.1) is 0 Å². The molecule has 4 heteroatoms. The largest absolute Gasteiger partial charge is 0.456 e. The molecule has 0 bridgehead atoms. The fourth-order valence-corrected chi connectivity index (χ4v) is 7.49. The second kappa shape index (κ2) is 13.0. The van der Waals surface area contributed by atoms with E-state index in [-0.39, 0.29) is 0 Å². The van der Waals surface area contributed by atoms with Crippen LogP contribution in [0.25, 0.3) is 89.1 Å². The van der Waals surface area contributed by atoms with Gasteiger partial charge in [0.25, 0.3) is 0 Å². The number of aromatic nitrogens is 3. The van der Waals surface area contributed by atoms with E-state index in [1.807, 2.05) is 18.2 Å². The fraction of sp³-hybridized carbons (Fsp3) is 0.0408. The second-order valence-corrected chi connectivity index (χ2v) is 13.6. The summed E-state index contributed by atoms with van der Waals surface area (Å²) in [6.45, 7) is 0. The van der Waals surface area contributed by atoms with Crippen molar-refractivity contribution in [3.8, 4) is 56.4 Å². The number of benzene rings is 7. The van der Waals surface area contributed by atoms with Gasteiger partial charge < -0.3 is 4.42 Å². The van der Waals surface area contributed by atoms with Crippen LogP contribution in [0.1, 0.15) is 17.9 Å². The standard InChI is InChI=1S/C49H33N3O/c1-3-11-32(12-4-1)35-21-24-36(25-22-35)47-50-48(41-26-23-34-15-7-8-16-37(34)30-41)52-49(51-47)42-19-10-20-45-46(42)43-31-40(27-28-44(43)53-45)39-18-9-17-38(29-39)33-13-5-2-6-14-33/h1-11,13-32H,12H2. The molecular formula is C49H33N3O. The number of allylic oxidation sites excluding steroid dienone is 4. The average Bonchev–Trinajstić information content (AvgIpc) is 3.62. The van der Waals surface area contributed by atoms with Gasteiger partial charge in [0.1, 0.15) is 11.2 Å². The predicted octanol–water partition coefficient (Wildman–Crippen LogP) is 12.9. The summed E-state index contributed by atoms with van der Waals surface area (Å²) in [7, 11) is 0. The molecule has 0 aliphatic heterocycles. The minimum atomic E-state index is 0.369. The minimum absolute atomic E-state index is 0.369. The van der Waals surface area contributed by atoms with Crippen LogP contribution >= 0.6 is 0 Å². The van der Waals surface area contributed by atoms with E-state index in [0.717, 1.165) is 61.6 Å². The first kappa shape index (κ1) is 30.9. The molecule has 0 radical (unpaired) electrons. The molecule has 1 atom stereocenters. The Bertz CT molecular complexity index is 2870. The van der Waals surface area contributed by atoms with Crippen molar-refractivity contribution in [3.05, 3.63) is 188 Å².